The fourth-order valence-corrected chi connectivity index (χ4v) is 1.92. The van der Waals surface area contributed by atoms with Crippen LogP contribution in [0.2, 0.25) is 0 Å². The Bertz CT molecular complexity index is 387. The zero-order valence-corrected chi connectivity index (χ0v) is 10.8. The summed E-state index contributed by atoms with van der Waals surface area (Å²) in [5.41, 5.74) is 6.30. The van der Waals surface area contributed by atoms with Gasteiger partial charge in [0.25, 0.3) is 0 Å². The lowest BCUT2D eigenvalue weighted by Crippen LogP contribution is -2.42. The van der Waals surface area contributed by atoms with E-state index in [4.69, 9.17) is 5.73 Å². The third-order valence-corrected chi connectivity index (χ3v) is 3.12. The van der Waals surface area contributed by atoms with Crippen LogP contribution in [-0.4, -0.2) is 31.0 Å². The molecule has 1 aromatic carbocycles. The van der Waals surface area contributed by atoms with Gasteiger partial charge in [0.05, 0.1) is 6.04 Å². The van der Waals surface area contributed by atoms with Crippen molar-refractivity contribution in [3.8, 4) is 0 Å². The van der Waals surface area contributed by atoms with E-state index in [1.165, 1.54) is 17.0 Å². The first kappa shape index (κ1) is 14.0. The molecule has 1 amide bonds. The number of hydrogen-bond donors (Lipinski definition) is 1. The Morgan fingerprint density at radius 3 is 2.88 bits per heavy atom. The molecule has 0 aliphatic rings. The number of rotatable bonds is 5. The maximum absolute atomic E-state index is 13.0. The first-order valence-electron chi connectivity index (χ1n) is 5.34. The van der Waals surface area contributed by atoms with Crippen molar-refractivity contribution in [2.45, 2.75) is 12.5 Å². The van der Waals surface area contributed by atoms with Gasteiger partial charge in [-0.25, -0.2) is 4.39 Å². The van der Waals surface area contributed by atoms with Crippen molar-refractivity contribution in [1.82, 2.24) is 0 Å². The van der Waals surface area contributed by atoms with E-state index in [0.717, 1.165) is 5.75 Å². The second-order valence-corrected chi connectivity index (χ2v) is 4.75. The molecule has 0 aromatic heterocycles. The summed E-state index contributed by atoms with van der Waals surface area (Å²) in [4.78, 5) is 13.3. The lowest BCUT2D eigenvalue weighted by atomic mass is 10.2. The molecular formula is C12H17FN2OS. The van der Waals surface area contributed by atoms with Crippen LogP contribution >= 0.6 is 11.8 Å². The molecule has 1 atom stereocenters. The summed E-state index contributed by atoms with van der Waals surface area (Å²) in [6, 6.07) is 5.38. The molecule has 2 N–H and O–H groups in total. The van der Waals surface area contributed by atoms with Gasteiger partial charge in [-0.3, -0.25) is 4.79 Å². The standard InChI is InChI=1S/C12H17FN2OS/c1-15(10-5-3-4-9(13)8-10)12(16)11(14)6-7-17-2/h3-5,8,11H,6-7,14H2,1-2H3/t11-/m0/s1. The highest BCUT2D eigenvalue weighted by Crippen LogP contribution is 2.15. The Morgan fingerprint density at radius 1 is 1.59 bits per heavy atom. The molecule has 0 spiro atoms. The van der Waals surface area contributed by atoms with Crippen molar-refractivity contribution in [2.75, 3.05) is 24.0 Å². The van der Waals surface area contributed by atoms with E-state index in [1.54, 1.807) is 30.9 Å². The quantitative estimate of drug-likeness (QED) is 0.875. The van der Waals surface area contributed by atoms with E-state index in [1.807, 2.05) is 6.26 Å². The predicted molar refractivity (Wildman–Crippen MR) is 70.8 cm³/mol. The van der Waals surface area contributed by atoms with Crippen LogP contribution in [0.25, 0.3) is 0 Å². The number of carbonyl (C=O) groups excluding carboxylic acids is 1. The average molecular weight is 256 g/mol. The summed E-state index contributed by atoms with van der Waals surface area (Å²) in [6.07, 6.45) is 2.59. The summed E-state index contributed by atoms with van der Waals surface area (Å²) in [5, 5.41) is 0. The van der Waals surface area contributed by atoms with Crippen LogP contribution in [0.1, 0.15) is 6.42 Å². The largest absolute Gasteiger partial charge is 0.320 e. The fourth-order valence-electron chi connectivity index (χ4n) is 1.43. The molecule has 94 valence electrons. The van der Waals surface area contributed by atoms with Gasteiger partial charge in [-0.1, -0.05) is 6.07 Å². The average Bonchev–Trinajstić information content (AvgIpc) is 2.34. The van der Waals surface area contributed by atoms with Crippen LogP contribution in [0, 0.1) is 5.82 Å². The highest BCUT2D eigenvalue weighted by molar-refractivity contribution is 7.98. The molecule has 0 saturated heterocycles. The van der Waals surface area contributed by atoms with Gasteiger partial charge in [0.1, 0.15) is 5.82 Å². The summed E-state index contributed by atoms with van der Waals surface area (Å²) in [5.74, 6) is 0.286. The Hall–Kier alpha value is -1.07. The van der Waals surface area contributed by atoms with Crippen LogP contribution in [0.4, 0.5) is 10.1 Å². The highest BCUT2D eigenvalue weighted by atomic mass is 32.2. The maximum Gasteiger partial charge on any atom is 0.243 e. The van der Waals surface area contributed by atoms with Crippen LogP contribution < -0.4 is 10.6 Å². The zero-order chi connectivity index (χ0) is 12.8. The molecule has 0 saturated carbocycles. The molecule has 0 fully saturated rings. The first-order valence-corrected chi connectivity index (χ1v) is 6.73. The number of likely N-dealkylation sites (N-methyl/N-ethyl adjacent to an activating group) is 1. The molecule has 0 aliphatic heterocycles. The van der Waals surface area contributed by atoms with E-state index in [-0.39, 0.29) is 11.7 Å². The van der Waals surface area contributed by atoms with Gasteiger partial charge >= 0.3 is 0 Å². The number of benzene rings is 1. The second-order valence-electron chi connectivity index (χ2n) is 3.77. The highest BCUT2D eigenvalue weighted by Gasteiger charge is 2.18. The molecule has 0 radical (unpaired) electrons. The van der Waals surface area contributed by atoms with Crippen molar-refractivity contribution in [3.05, 3.63) is 30.1 Å². The molecule has 1 rings (SSSR count). The minimum absolute atomic E-state index is 0.190. The second kappa shape index (κ2) is 6.61. The van der Waals surface area contributed by atoms with Gasteiger partial charge in [0.15, 0.2) is 0 Å². The predicted octanol–water partition coefficient (Wildman–Crippen LogP) is 1.87. The van der Waals surface area contributed by atoms with E-state index >= 15 is 0 Å². The number of nitrogens with zero attached hydrogens (tertiary/aromatic N) is 1. The van der Waals surface area contributed by atoms with Crippen LogP contribution in [0.5, 0.6) is 0 Å². The number of halogens is 1. The summed E-state index contributed by atoms with van der Waals surface area (Å²) in [6.45, 7) is 0. The van der Waals surface area contributed by atoms with E-state index in [9.17, 15) is 9.18 Å². The summed E-state index contributed by atoms with van der Waals surface area (Å²) in [7, 11) is 1.61. The molecule has 5 heteroatoms. The Kier molecular flexibility index (Phi) is 5.44. The van der Waals surface area contributed by atoms with Gasteiger partial charge in [0, 0.05) is 12.7 Å². The molecule has 1 aromatic rings. The topological polar surface area (TPSA) is 46.3 Å². The molecule has 17 heavy (non-hydrogen) atoms. The summed E-state index contributed by atoms with van der Waals surface area (Å²) >= 11 is 1.65. The van der Waals surface area contributed by atoms with E-state index in [2.05, 4.69) is 0 Å². The minimum atomic E-state index is -0.532. The van der Waals surface area contributed by atoms with Crippen LogP contribution in [-0.2, 0) is 4.79 Å². The van der Waals surface area contributed by atoms with Gasteiger partial charge in [-0.05, 0) is 36.6 Å². The van der Waals surface area contributed by atoms with E-state index < -0.39 is 6.04 Å². The third-order valence-electron chi connectivity index (χ3n) is 2.48. The van der Waals surface area contributed by atoms with Gasteiger partial charge < -0.3 is 10.6 Å². The molecule has 0 aliphatic carbocycles. The zero-order valence-electron chi connectivity index (χ0n) is 10.0. The Labute approximate surface area is 105 Å². The SMILES string of the molecule is CSCC[C@H](N)C(=O)N(C)c1cccc(F)c1. The molecule has 0 bridgehead atoms. The lowest BCUT2D eigenvalue weighted by molar-refractivity contribution is -0.119. The van der Waals surface area contributed by atoms with Gasteiger partial charge in [-0.15, -0.1) is 0 Å². The number of thioether (sulfide) groups is 1. The smallest absolute Gasteiger partial charge is 0.243 e. The molecular weight excluding hydrogens is 239 g/mol. The summed E-state index contributed by atoms with van der Waals surface area (Å²) < 4.78 is 13.0. The molecule has 3 nitrogen and oxygen atoms in total. The first-order chi connectivity index (χ1) is 8.06. The monoisotopic (exact) mass is 256 g/mol. The third kappa shape index (κ3) is 4.02. The Morgan fingerprint density at radius 2 is 2.29 bits per heavy atom. The van der Waals surface area contributed by atoms with Crippen LogP contribution in [0.15, 0.2) is 24.3 Å². The molecule has 0 unspecified atom stereocenters. The van der Waals surface area contributed by atoms with E-state index in [0.29, 0.717) is 12.1 Å². The normalized spacial score (nSPS) is 12.2. The number of hydrogen-bond acceptors (Lipinski definition) is 3. The van der Waals surface area contributed by atoms with Crippen LogP contribution in [0.3, 0.4) is 0 Å². The van der Waals surface area contributed by atoms with Gasteiger partial charge in [-0.2, -0.15) is 11.8 Å². The minimum Gasteiger partial charge on any atom is -0.320 e. The maximum atomic E-state index is 13.0. The number of nitrogens with two attached hydrogens (primary N) is 1. The lowest BCUT2D eigenvalue weighted by Gasteiger charge is -2.21. The number of amides is 1. The van der Waals surface area contributed by atoms with Gasteiger partial charge in [0.2, 0.25) is 5.91 Å². The van der Waals surface area contributed by atoms with Crippen molar-refractivity contribution < 1.29 is 9.18 Å². The fraction of sp³-hybridized carbons (Fsp3) is 0.417. The van der Waals surface area contributed by atoms with Crippen molar-refractivity contribution in [2.24, 2.45) is 5.73 Å². The van der Waals surface area contributed by atoms with Crippen molar-refractivity contribution in [1.29, 1.82) is 0 Å². The number of carbonyl (C=O) groups is 1. The Balaban J connectivity index is 2.69. The number of anilines is 1. The van der Waals surface area contributed by atoms with Crippen molar-refractivity contribution in [3.63, 3.8) is 0 Å². The van der Waals surface area contributed by atoms with Crippen molar-refractivity contribution >= 4 is 23.4 Å². The molecule has 0 heterocycles.